The van der Waals surface area contributed by atoms with Crippen LogP contribution in [0, 0.1) is 6.92 Å². The molecular formula is C18H20ClN3O2S. The van der Waals surface area contributed by atoms with Crippen LogP contribution in [0.3, 0.4) is 0 Å². The monoisotopic (exact) mass is 377 g/mol. The Bertz CT molecular complexity index is 903. The van der Waals surface area contributed by atoms with E-state index in [1.54, 1.807) is 7.11 Å². The smallest absolute Gasteiger partial charge is 0.261 e. The van der Waals surface area contributed by atoms with Gasteiger partial charge in [-0.25, -0.2) is 0 Å². The molecule has 0 aliphatic heterocycles. The maximum absolute atomic E-state index is 12.4. The second-order valence-electron chi connectivity index (χ2n) is 5.99. The number of hydrogen-bond donors (Lipinski definition) is 1. The van der Waals surface area contributed by atoms with Crippen LogP contribution in [0.2, 0.25) is 5.02 Å². The predicted octanol–water partition coefficient (Wildman–Crippen LogP) is 3.87. The number of nitrogens with zero attached hydrogens (tertiary/aromatic N) is 2. The lowest BCUT2D eigenvalue weighted by atomic mass is 10.2. The lowest BCUT2D eigenvalue weighted by Gasteiger charge is -2.11. The predicted molar refractivity (Wildman–Crippen MR) is 102 cm³/mol. The van der Waals surface area contributed by atoms with Gasteiger partial charge < -0.3 is 10.1 Å². The summed E-state index contributed by atoms with van der Waals surface area (Å²) in [7, 11) is 1.62. The first kappa shape index (κ1) is 17.9. The number of fused-ring (bicyclic) bond motifs is 1. The molecule has 2 aromatic heterocycles. The number of benzene rings is 1. The molecule has 3 rings (SSSR count). The van der Waals surface area contributed by atoms with E-state index in [1.165, 1.54) is 11.3 Å². The van der Waals surface area contributed by atoms with Gasteiger partial charge in [-0.2, -0.15) is 5.10 Å². The molecule has 5 nitrogen and oxygen atoms in total. The molecule has 25 heavy (non-hydrogen) atoms. The molecule has 0 spiro atoms. The summed E-state index contributed by atoms with van der Waals surface area (Å²) in [5, 5.41) is 9.25. The lowest BCUT2D eigenvalue weighted by molar-refractivity contribution is 0.0909. The molecule has 0 bridgehead atoms. The minimum absolute atomic E-state index is 0.0385. The molecule has 1 atom stereocenters. The van der Waals surface area contributed by atoms with Gasteiger partial charge in [-0.3, -0.25) is 9.48 Å². The van der Waals surface area contributed by atoms with Crippen molar-refractivity contribution in [2.75, 3.05) is 13.7 Å². The van der Waals surface area contributed by atoms with Crippen molar-refractivity contribution in [3.63, 3.8) is 0 Å². The van der Waals surface area contributed by atoms with Crippen molar-refractivity contribution in [2.24, 2.45) is 0 Å². The van der Waals surface area contributed by atoms with E-state index in [2.05, 4.69) is 10.4 Å². The molecule has 1 aromatic carbocycles. The van der Waals surface area contributed by atoms with Gasteiger partial charge in [0.1, 0.15) is 4.83 Å². The molecule has 1 unspecified atom stereocenters. The molecule has 132 valence electrons. The van der Waals surface area contributed by atoms with Crippen LogP contribution in [-0.4, -0.2) is 35.4 Å². The highest BCUT2D eigenvalue weighted by Gasteiger charge is 2.18. The highest BCUT2D eigenvalue weighted by atomic mass is 35.5. The Morgan fingerprint density at radius 2 is 2.20 bits per heavy atom. The molecule has 0 aliphatic rings. The van der Waals surface area contributed by atoms with Crippen LogP contribution in [0.4, 0.5) is 0 Å². The number of aromatic nitrogens is 2. The van der Waals surface area contributed by atoms with E-state index in [0.717, 1.165) is 21.5 Å². The van der Waals surface area contributed by atoms with Gasteiger partial charge in [0.15, 0.2) is 0 Å². The minimum atomic E-state index is -0.0885. The fraction of sp³-hybridized carbons (Fsp3) is 0.333. The Labute approximate surface area is 155 Å². The average Bonchev–Trinajstić information content (AvgIpc) is 3.12. The van der Waals surface area contributed by atoms with Crippen LogP contribution in [0.5, 0.6) is 0 Å². The highest BCUT2D eigenvalue weighted by Crippen LogP contribution is 2.29. The van der Waals surface area contributed by atoms with Crippen LogP contribution in [0.1, 0.15) is 27.9 Å². The summed E-state index contributed by atoms with van der Waals surface area (Å²) in [6.07, 6.45) is 0. The Hall–Kier alpha value is -1.89. The summed E-state index contributed by atoms with van der Waals surface area (Å²) in [5.41, 5.74) is 1.91. The van der Waals surface area contributed by atoms with Crippen LogP contribution in [0.15, 0.2) is 30.3 Å². The van der Waals surface area contributed by atoms with E-state index in [1.807, 2.05) is 48.9 Å². The minimum Gasteiger partial charge on any atom is -0.383 e. The summed E-state index contributed by atoms with van der Waals surface area (Å²) in [4.78, 5) is 14.1. The molecule has 3 aromatic rings. The molecule has 0 saturated carbocycles. The van der Waals surface area contributed by atoms with Crippen LogP contribution < -0.4 is 5.32 Å². The van der Waals surface area contributed by atoms with Crippen molar-refractivity contribution in [3.05, 3.63) is 51.5 Å². The van der Waals surface area contributed by atoms with Crippen LogP contribution in [-0.2, 0) is 11.3 Å². The standard InChI is InChI=1S/C18H20ClN3O2S/c1-11(10-24-3)20-17(23)16-8-14-12(2)21-22(18(14)25-16)9-13-6-4-5-7-15(13)19/h4-8,11H,9-10H2,1-3H3,(H,20,23). The van der Waals surface area contributed by atoms with Gasteiger partial charge in [-0.05, 0) is 31.5 Å². The number of thiophene rings is 1. The molecule has 7 heteroatoms. The van der Waals surface area contributed by atoms with Gasteiger partial charge in [0, 0.05) is 23.6 Å². The van der Waals surface area contributed by atoms with Crippen molar-refractivity contribution in [1.82, 2.24) is 15.1 Å². The van der Waals surface area contributed by atoms with E-state index in [-0.39, 0.29) is 11.9 Å². The number of amides is 1. The number of ether oxygens (including phenoxy) is 1. The van der Waals surface area contributed by atoms with Crippen LogP contribution in [0.25, 0.3) is 10.2 Å². The highest BCUT2D eigenvalue weighted by molar-refractivity contribution is 7.20. The second-order valence-corrected chi connectivity index (χ2v) is 7.43. The van der Waals surface area contributed by atoms with Gasteiger partial charge >= 0.3 is 0 Å². The quantitative estimate of drug-likeness (QED) is 0.709. The van der Waals surface area contributed by atoms with Crippen molar-refractivity contribution in [3.8, 4) is 0 Å². The summed E-state index contributed by atoms with van der Waals surface area (Å²) in [6.45, 7) is 4.92. The SMILES string of the molecule is COCC(C)NC(=O)c1cc2c(C)nn(Cc3ccccc3Cl)c2s1. The van der Waals surface area contributed by atoms with E-state index in [0.29, 0.717) is 23.1 Å². The first-order valence-corrected chi connectivity index (χ1v) is 9.19. The first-order valence-electron chi connectivity index (χ1n) is 7.99. The summed E-state index contributed by atoms with van der Waals surface area (Å²) in [6, 6.07) is 9.58. The molecule has 0 aliphatic carbocycles. The van der Waals surface area contributed by atoms with Crippen molar-refractivity contribution in [1.29, 1.82) is 0 Å². The molecule has 0 radical (unpaired) electrons. The molecular weight excluding hydrogens is 358 g/mol. The number of carbonyl (C=O) groups is 1. The van der Waals surface area contributed by atoms with E-state index < -0.39 is 0 Å². The first-order chi connectivity index (χ1) is 12.0. The van der Waals surface area contributed by atoms with Gasteiger partial charge in [0.2, 0.25) is 0 Å². The van der Waals surface area contributed by atoms with Gasteiger partial charge in [-0.15, -0.1) is 11.3 Å². The fourth-order valence-corrected chi connectivity index (χ4v) is 3.97. The molecule has 0 fully saturated rings. The average molecular weight is 378 g/mol. The number of aryl methyl sites for hydroxylation is 1. The van der Waals surface area contributed by atoms with Crippen LogP contribution >= 0.6 is 22.9 Å². The maximum Gasteiger partial charge on any atom is 0.261 e. The summed E-state index contributed by atoms with van der Waals surface area (Å²) >= 11 is 7.70. The van der Waals surface area contributed by atoms with Gasteiger partial charge in [0.25, 0.3) is 5.91 Å². The van der Waals surface area contributed by atoms with Crippen molar-refractivity contribution < 1.29 is 9.53 Å². The second kappa shape index (κ2) is 7.56. The van der Waals surface area contributed by atoms with Gasteiger partial charge in [0.05, 0.1) is 23.7 Å². The normalized spacial score (nSPS) is 12.5. The van der Waals surface area contributed by atoms with Crippen molar-refractivity contribution in [2.45, 2.75) is 26.4 Å². The number of halogens is 1. The summed E-state index contributed by atoms with van der Waals surface area (Å²) < 4.78 is 6.97. The number of rotatable bonds is 6. The largest absolute Gasteiger partial charge is 0.383 e. The molecule has 0 saturated heterocycles. The van der Waals surface area contributed by atoms with Gasteiger partial charge in [-0.1, -0.05) is 29.8 Å². The maximum atomic E-state index is 12.4. The molecule has 1 N–H and O–H groups in total. The third kappa shape index (κ3) is 3.86. The zero-order valence-electron chi connectivity index (χ0n) is 14.4. The number of methoxy groups -OCH3 is 1. The summed E-state index contributed by atoms with van der Waals surface area (Å²) in [5.74, 6) is -0.0885. The van der Waals surface area contributed by atoms with E-state index in [4.69, 9.17) is 16.3 Å². The fourth-order valence-electron chi connectivity index (χ4n) is 2.71. The number of nitrogens with one attached hydrogen (secondary N) is 1. The zero-order valence-corrected chi connectivity index (χ0v) is 15.9. The van der Waals surface area contributed by atoms with E-state index >= 15 is 0 Å². The Balaban J connectivity index is 1.88. The Kier molecular flexibility index (Phi) is 5.42. The zero-order chi connectivity index (χ0) is 18.0. The Morgan fingerprint density at radius 3 is 2.92 bits per heavy atom. The number of carbonyl (C=O) groups excluding carboxylic acids is 1. The molecule has 1 amide bonds. The van der Waals surface area contributed by atoms with E-state index in [9.17, 15) is 4.79 Å². The third-order valence-electron chi connectivity index (χ3n) is 3.90. The third-order valence-corrected chi connectivity index (χ3v) is 5.42. The molecule has 2 heterocycles. The topological polar surface area (TPSA) is 56.1 Å². The van der Waals surface area contributed by atoms with Crippen molar-refractivity contribution >= 4 is 39.1 Å². The number of hydrogen-bond acceptors (Lipinski definition) is 4. The Morgan fingerprint density at radius 1 is 1.44 bits per heavy atom. The lowest BCUT2D eigenvalue weighted by Crippen LogP contribution is -2.35.